The lowest BCUT2D eigenvalue weighted by molar-refractivity contribution is 0.394. The van der Waals surface area contributed by atoms with Gasteiger partial charge >= 0.3 is 0 Å². The van der Waals surface area contributed by atoms with E-state index >= 15 is 0 Å². The van der Waals surface area contributed by atoms with Gasteiger partial charge in [-0.05, 0) is 42.5 Å². The Balaban J connectivity index is 2.10. The number of aryl methyl sites for hydroxylation is 1. The maximum atomic E-state index is 10.1. The molecule has 132 valence electrons. The normalized spacial score (nSPS) is 13.2. The fourth-order valence-electron chi connectivity index (χ4n) is 3.48. The zero-order valence-corrected chi connectivity index (χ0v) is 15.6. The van der Waals surface area contributed by atoms with Gasteiger partial charge in [-0.3, -0.25) is 0 Å². The second-order valence-corrected chi connectivity index (χ2v) is 6.63. The number of fused-ring (bicyclic) bond motifs is 1. The third-order valence-electron chi connectivity index (χ3n) is 5.15. The van der Waals surface area contributed by atoms with Crippen LogP contribution in [0.15, 0.2) is 54.6 Å². The van der Waals surface area contributed by atoms with Gasteiger partial charge in [0, 0.05) is 10.9 Å². The van der Waals surface area contributed by atoms with E-state index in [4.69, 9.17) is 4.74 Å². The van der Waals surface area contributed by atoms with Crippen LogP contribution < -0.4 is 4.74 Å². The highest BCUT2D eigenvalue weighted by molar-refractivity contribution is 5.81. The van der Waals surface area contributed by atoms with Gasteiger partial charge in [-0.2, -0.15) is 5.26 Å². The molecule has 3 heteroatoms. The van der Waals surface area contributed by atoms with Crippen molar-refractivity contribution in [3.63, 3.8) is 0 Å². The number of rotatable bonds is 6. The quantitative estimate of drug-likeness (QED) is 0.616. The molecule has 0 saturated carbocycles. The van der Waals surface area contributed by atoms with E-state index in [0.29, 0.717) is 12.3 Å². The minimum atomic E-state index is -0.562. The average Bonchev–Trinajstić information content (AvgIpc) is 2.71. The first-order valence-electron chi connectivity index (χ1n) is 9.09. The number of ether oxygens (including phenoxy) is 1. The molecule has 0 N–H and O–H groups in total. The standard InChI is InChI=1S/C23H24N2O/c1-4-18-13-19-11-12-20(14-21(19)25-22(18)26-3)23(5-2,16-24)15-17-9-7-6-8-10-17/h6-14H,4-5,15H2,1-3H3. The third kappa shape index (κ3) is 3.28. The Morgan fingerprint density at radius 1 is 1.08 bits per heavy atom. The van der Waals surface area contributed by atoms with Gasteiger partial charge in [-0.25, -0.2) is 4.98 Å². The van der Waals surface area contributed by atoms with Crippen LogP contribution in [0, 0.1) is 11.3 Å². The van der Waals surface area contributed by atoms with Crippen LogP contribution in [0.3, 0.4) is 0 Å². The van der Waals surface area contributed by atoms with Crippen LogP contribution in [-0.2, 0) is 18.3 Å². The predicted octanol–water partition coefficient (Wildman–Crippen LogP) is 5.22. The van der Waals surface area contributed by atoms with Crippen LogP contribution in [0.2, 0.25) is 0 Å². The average molecular weight is 344 g/mol. The first kappa shape index (κ1) is 17.9. The number of hydrogen-bond acceptors (Lipinski definition) is 3. The molecule has 0 fully saturated rings. The smallest absolute Gasteiger partial charge is 0.216 e. The van der Waals surface area contributed by atoms with E-state index in [2.05, 4.69) is 55.2 Å². The molecule has 0 aliphatic carbocycles. The Hall–Kier alpha value is -2.86. The van der Waals surface area contributed by atoms with Gasteiger partial charge in [-0.15, -0.1) is 0 Å². The van der Waals surface area contributed by atoms with Crippen molar-refractivity contribution in [2.45, 2.75) is 38.5 Å². The van der Waals surface area contributed by atoms with Crippen LogP contribution in [-0.4, -0.2) is 12.1 Å². The second kappa shape index (κ2) is 7.58. The van der Waals surface area contributed by atoms with Crippen molar-refractivity contribution in [1.29, 1.82) is 5.26 Å². The summed E-state index contributed by atoms with van der Waals surface area (Å²) in [5.74, 6) is 0.666. The largest absolute Gasteiger partial charge is 0.481 e. The van der Waals surface area contributed by atoms with Crippen LogP contribution in [0.4, 0.5) is 0 Å². The molecule has 3 rings (SSSR count). The molecule has 1 atom stereocenters. The van der Waals surface area contributed by atoms with E-state index in [0.717, 1.165) is 34.9 Å². The van der Waals surface area contributed by atoms with E-state index in [-0.39, 0.29) is 0 Å². The van der Waals surface area contributed by atoms with Crippen molar-refractivity contribution in [3.8, 4) is 11.9 Å². The van der Waals surface area contributed by atoms with Gasteiger partial charge < -0.3 is 4.74 Å². The monoisotopic (exact) mass is 344 g/mol. The number of pyridine rings is 1. The van der Waals surface area contributed by atoms with Crippen molar-refractivity contribution >= 4 is 10.9 Å². The van der Waals surface area contributed by atoms with Gasteiger partial charge in [0.05, 0.1) is 24.1 Å². The fourth-order valence-corrected chi connectivity index (χ4v) is 3.48. The van der Waals surface area contributed by atoms with Crippen molar-refractivity contribution in [2.24, 2.45) is 0 Å². The molecule has 1 heterocycles. The highest BCUT2D eigenvalue weighted by Gasteiger charge is 2.31. The van der Waals surface area contributed by atoms with Crippen LogP contribution >= 0.6 is 0 Å². The van der Waals surface area contributed by atoms with E-state index < -0.39 is 5.41 Å². The van der Waals surface area contributed by atoms with Gasteiger partial charge in [0.1, 0.15) is 0 Å². The number of aromatic nitrogens is 1. The lowest BCUT2D eigenvalue weighted by Gasteiger charge is -2.26. The minimum Gasteiger partial charge on any atom is -0.481 e. The van der Waals surface area contributed by atoms with Crippen LogP contribution in [0.25, 0.3) is 10.9 Å². The number of methoxy groups -OCH3 is 1. The maximum absolute atomic E-state index is 10.1. The molecule has 3 nitrogen and oxygen atoms in total. The number of benzene rings is 2. The molecule has 0 saturated heterocycles. The van der Waals surface area contributed by atoms with Gasteiger partial charge in [0.15, 0.2) is 0 Å². The summed E-state index contributed by atoms with van der Waals surface area (Å²) in [6.45, 7) is 4.17. The second-order valence-electron chi connectivity index (χ2n) is 6.63. The lowest BCUT2D eigenvalue weighted by atomic mass is 9.74. The number of nitrogens with zero attached hydrogens (tertiary/aromatic N) is 2. The lowest BCUT2D eigenvalue weighted by Crippen LogP contribution is -2.26. The Morgan fingerprint density at radius 3 is 2.46 bits per heavy atom. The van der Waals surface area contributed by atoms with E-state index in [9.17, 15) is 5.26 Å². The summed E-state index contributed by atoms with van der Waals surface area (Å²) in [5, 5.41) is 11.1. The Kier molecular flexibility index (Phi) is 5.23. The summed E-state index contributed by atoms with van der Waals surface area (Å²) in [6.07, 6.45) is 2.31. The molecule has 2 aromatic carbocycles. The highest BCUT2D eigenvalue weighted by atomic mass is 16.5. The van der Waals surface area contributed by atoms with Crippen molar-refractivity contribution in [3.05, 3.63) is 71.3 Å². The van der Waals surface area contributed by atoms with Crippen LogP contribution in [0.1, 0.15) is 37.0 Å². The molecule has 0 spiro atoms. The molecule has 0 aliphatic rings. The minimum absolute atomic E-state index is 0.562. The van der Waals surface area contributed by atoms with E-state index in [1.54, 1.807) is 7.11 Å². The van der Waals surface area contributed by atoms with Crippen LogP contribution in [0.5, 0.6) is 5.88 Å². The number of hydrogen-bond donors (Lipinski definition) is 0. The molecule has 1 aromatic heterocycles. The van der Waals surface area contributed by atoms with Gasteiger partial charge in [-0.1, -0.05) is 56.3 Å². The van der Waals surface area contributed by atoms with Gasteiger partial charge in [0.2, 0.25) is 5.88 Å². The summed E-state index contributed by atoms with van der Waals surface area (Å²) < 4.78 is 5.44. The fraction of sp³-hybridized carbons (Fsp3) is 0.304. The molecule has 26 heavy (non-hydrogen) atoms. The van der Waals surface area contributed by atoms with Crippen molar-refractivity contribution in [1.82, 2.24) is 4.98 Å². The summed E-state index contributed by atoms with van der Waals surface area (Å²) in [6, 6.07) is 21.1. The number of nitriles is 1. The molecule has 3 aromatic rings. The summed E-state index contributed by atoms with van der Waals surface area (Å²) in [7, 11) is 1.65. The summed E-state index contributed by atoms with van der Waals surface area (Å²) in [5.41, 5.74) is 3.59. The first-order valence-corrected chi connectivity index (χ1v) is 9.09. The van der Waals surface area contributed by atoms with Crippen molar-refractivity contribution < 1.29 is 4.74 Å². The van der Waals surface area contributed by atoms with E-state index in [1.165, 1.54) is 5.56 Å². The molecule has 0 bridgehead atoms. The highest BCUT2D eigenvalue weighted by Crippen LogP contribution is 2.34. The summed E-state index contributed by atoms with van der Waals surface area (Å²) >= 11 is 0. The molecular weight excluding hydrogens is 320 g/mol. The molecule has 1 unspecified atom stereocenters. The Morgan fingerprint density at radius 2 is 1.85 bits per heavy atom. The molecule has 0 aliphatic heterocycles. The SMILES string of the molecule is CCc1cc2ccc(C(C#N)(CC)Cc3ccccc3)cc2nc1OC. The van der Waals surface area contributed by atoms with E-state index in [1.807, 2.05) is 24.3 Å². The Bertz CT molecular complexity index is 944. The zero-order chi connectivity index (χ0) is 18.6. The zero-order valence-electron chi connectivity index (χ0n) is 15.6. The van der Waals surface area contributed by atoms with Gasteiger partial charge in [0.25, 0.3) is 0 Å². The summed E-state index contributed by atoms with van der Waals surface area (Å²) in [4.78, 5) is 4.68. The topological polar surface area (TPSA) is 45.9 Å². The molecule has 0 radical (unpaired) electrons. The third-order valence-corrected chi connectivity index (χ3v) is 5.15. The molecule has 0 amide bonds. The Labute approximate surface area is 155 Å². The maximum Gasteiger partial charge on any atom is 0.216 e. The predicted molar refractivity (Wildman–Crippen MR) is 105 cm³/mol. The van der Waals surface area contributed by atoms with Crippen molar-refractivity contribution in [2.75, 3.05) is 7.11 Å². The first-order chi connectivity index (χ1) is 12.7. The molecular formula is C23H24N2O.